The third-order valence-electron chi connectivity index (χ3n) is 4.56. The van der Waals surface area contributed by atoms with E-state index in [4.69, 9.17) is 16.3 Å². The van der Waals surface area contributed by atoms with Gasteiger partial charge in [-0.25, -0.2) is 0 Å². The second-order valence-corrected chi connectivity index (χ2v) is 6.64. The lowest BCUT2D eigenvalue weighted by Crippen LogP contribution is -2.25. The lowest BCUT2D eigenvalue weighted by Gasteiger charge is -2.15. The number of hydrogen-bond donors (Lipinski definition) is 1. The minimum Gasteiger partial charge on any atom is -0.484 e. The summed E-state index contributed by atoms with van der Waals surface area (Å²) in [7, 11) is 0. The number of hydrogen-bond acceptors (Lipinski definition) is 3. The van der Waals surface area contributed by atoms with Gasteiger partial charge >= 0.3 is 0 Å². The molecule has 0 fully saturated rings. The Hall–Kier alpha value is -3.05. The minimum absolute atomic E-state index is 0.00681. The molecular formula is C21H17ClN2O3. The van der Waals surface area contributed by atoms with Crippen LogP contribution in [0, 0.1) is 0 Å². The number of halogens is 1. The number of ether oxygens (including phenoxy) is 1. The molecule has 0 saturated carbocycles. The van der Waals surface area contributed by atoms with Gasteiger partial charge in [-0.2, -0.15) is 0 Å². The monoisotopic (exact) mass is 380 g/mol. The molecule has 3 aromatic rings. The molecule has 0 spiro atoms. The number of carbonyl (C=O) groups excluding carboxylic acids is 2. The van der Waals surface area contributed by atoms with Gasteiger partial charge in [0, 0.05) is 33.6 Å². The molecule has 136 valence electrons. The lowest BCUT2D eigenvalue weighted by molar-refractivity contribution is -0.118. The van der Waals surface area contributed by atoms with Crippen LogP contribution in [0.25, 0.3) is 10.8 Å². The molecule has 1 N–H and O–H groups in total. The highest BCUT2D eigenvalue weighted by molar-refractivity contribution is 6.30. The van der Waals surface area contributed by atoms with Crippen LogP contribution in [-0.2, 0) is 4.79 Å². The summed E-state index contributed by atoms with van der Waals surface area (Å²) in [6, 6.07) is 16.1. The van der Waals surface area contributed by atoms with Crippen molar-refractivity contribution in [1.82, 2.24) is 0 Å². The van der Waals surface area contributed by atoms with Crippen LogP contribution in [0.2, 0.25) is 5.02 Å². The first-order chi connectivity index (χ1) is 13.1. The zero-order valence-electron chi connectivity index (χ0n) is 14.7. The first-order valence-corrected chi connectivity index (χ1v) is 9.02. The Morgan fingerprint density at radius 2 is 1.89 bits per heavy atom. The third-order valence-corrected chi connectivity index (χ3v) is 4.81. The molecule has 4 rings (SSSR count). The smallest absolute Gasteiger partial charge is 0.262 e. The summed E-state index contributed by atoms with van der Waals surface area (Å²) < 4.78 is 5.49. The van der Waals surface area contributed by atoms with E-state index in [9.17, 15) is 9.59 Å². The SMILES string of the molecule is CCN1C(=O)c2cccc3c(NC(=O)COc4ccc(Cl)cc4)ccc1c23. The number of carbonyl (C=O) groups is 2. The molecule has 0 atom stereocenters. The van der Waals surface area contributed by atoms with Gasteiger partial charge in [-0.1, -0.05) is 23.7 Å². The van der Waals surface area contributed by atoms with Crippen molar-refractivity contribution in [2.75, 3.05) is 23.4 Å². The van der Waals surface area contributed by atoms with Crippen LogP contribution in [-0.4, -0.2) is 25.0 Å². The fourth-order valence-corrected chi connectivity index (χ4v) is 3.46. The Morgan fingerprint density at radius 3 is 2.63 bits per heavy atom. The van der Waals surface area contributed by atoms with Gasteiger partial charge in [0.25, 0.3) is 11.8 Å². The molecule has 1 aliphatic heterocycles. The van der Waals surface area contributed by atoms with Gasteiger partial charge in [0.1, 0.15) is 5.75 Å². The van der Waals surface area contributed by atoms with Crippen molar-refractivity contribution in [3.63, 3.8) is 0 Å². The molecule has 3 aromatic carbocycles. The van der Waals surface area contributed by atoms with E-state index in [-0.39, 0.29) is 18.4 Å². The van der Waals surface area contributed by atoms with Crippen LogP contribution in [0.4, 0.5) is 11.4 Å². The Morgan fingerprint density at radius 1 is 1.11 bits per heavy atom. The number of nitrogens with zero attached hydrogens (tertiary/aromatic N) is 1. The maximum absolute atomic E-state index is 12.5. The maximum Gasteiger partial charge on any atom is 0.262 e. The Labute approximate surface area is 161 Å². The second kappa shape index (κ2) is 6.93. The fourth-order valence-electron chi connectivity index (χ4n) is 3.33. The average Bonchev–Trinajstić information content (AvgIpc) is 2.96. The summed E-state index contributed by atoms with van der Waals surface area (Å²) in [5.41, 5.74) is 2.20. The molecule has 0 saturated heterocycles. The minimum atomic E-state index is -0.276. The van der Waals surface area contributed by atoms with E-state index < -0.39 is 0 Å². The molecule has 0 unspecified atom stereocenters. The molecule has 1 heterocycles. The van der Waals surface area contributed by atoms with Crippen LogP contribution in [0.3, 0.4) is 0 Å². The summed E-state index contributed by atoms with van der Waals surface area (Å²) in [5.74, 6) is 0.286. The number of rotatable bonds is 5. The third kappa shape index (κ3) is 3.11. The summed E-state index contributed by atoms with van der Waals surface area (Å²) >= 11 is 5.84. The van der Waals surface area contributed by atoms with Gasteiger partial charge in [0.05, 0.1) is 5.69 Å². The summed E-state index contributed by atoms with van der Waals surface area (Å²) in [4.78, 5) is 26.6. The number of amides is 2. The first-order valence-electron chi connectivity index (χ1n) is 8.64. The molecular weight excluding hydrogens is 364 g/mol. The van der Waals surface area contributed by atoms with E-state index in [0.29, 0.717) is 28.6 Å². The highest BCUT2D eigenvalue weighted by atomic mass is 35.5. The molecule has 1 aliphatic rings. The zero-order valence-corrected chi connectivity index (χ0v) is 15.4. The molecule has 0 aliphatic carbocycles. The topological polar surface area (TPSA) is 58.6 Å². The predicted octanol–water partition coefficient (Wildman–Crippen LogP) is 4.49. The second-order valence-electron chi connectivity index (χ2n) is 6.20. The van der Waals surface area contributed by atoms with Gasteiger partial charge < -0.3 is 15.0 Å². The van der Waals surface area contributed by atoms with Crippen molar-refractivity contribution in [2.24, 2.45) is 0 Å². The van der Waals surface area contributed by atoms with Crippen molar-refractivity contribution in [3.8, 4) is 5.75 Å². The zero-order chi connectivity index (χ0) is 19.0. The van der Waals surface area contributed by atoms with Gasteiger partial charge in [-0.05, 0) is 49.4 Å². The van der Waals surface area contributed by atoms with Crippen molar-refractivity contribution < 1.29 is 14.3 Å². The van der Waals surface area contributed by atoms with Gasteiger partial charge in [-0.15, -0.1) is 0 Å². The van der Waals surface area contributed by atoms with Crippen molar-refractivity contribution >= 4 is 45.6 Å². The number of anilines is 2. The van der Waals surface area contributed by atoms with Crippen LogP contribution in [0.1, 0.15) is 17.3 Å². The van der Waals surface area contributed by atoms with E-state index in [0.717, 1.165) is 16.5 Å². The Balaban J connectivity index is 1.56. The molecule has 6 heteroatoms. The van der Waals surface area contributed by atoms with E-state index >= 15 is 0 Å². The quantitative estimate of drug-likeness (QED) is 0.709. The largest absolute Gasteiger partial charge is 0.484 e. The molecule has 0 bridgehead atoms. The van der Waals surface area contributed by atoms with Crippen molar-refractivity contribution in [3.05, 3.63) is 65.2 Å². The summed E-state index contributed by atoms with van der Waals surface area (Å²) in [6.45, 7) is 2.42. The summed E-state index contributed by atoms with van der Waals surface area (Å²) in [5, 5.41) is 5.20. The number of nitrogens with one attached hydrogen (secondary N) is 1. The lowest BCUT2D eigenvalue weighted by atomic mass is 10.0. The van der Waals surface area contributed by atoms with E-state index in [1.165, 1.54) is 0 Å². The first kappa shape index (κ1) is 17.4. The highest BCUT2D eigenvalue weighted by Gasteiger charge is 2.29. The van der Waals surface area contributed by atoms with Gasteiger partial charge in [0.15, 0.2) is 6.61 Å². The fraction of sp³-hybridized carbons (Fsp3) is 0.143. The predicted molar refractivity (Wildman–Crippen MR) is 107 cm³/mol. The normalized spacial score (nSPS) is 12.5. The molecule has 0 aromatic heterocycles. The standard InChI is InChI=1S/C21H17ClN2O3/c1-2-24-18-11-10-17(15-4-3-5-16(20(15)18)21(24)26)23-19(25)12-27-14-8-6-13(22)7-9-14/h3-11H,2,12H2,1H3,(H,23,25). The highest BCUT2D eigenvalue weighted by Crippen LogP contribution is 2.40. The summed E-state index contributed by atoms with van der Waals surface area (Å²) in [6.07, 6.45) is 0. The van der Waals surface area contributed by atoms with E-state index in [2.05, 4.69) is 5.32 Å². The average molecular weight is 381 g/mol. The van der Waals surface area contributed by atoms with Crippen LogP contribution < -0.4 is 15.0 Å². The number of benzene rings is 3. The van der Waals surface area contributed by atoms with E-state index in [1.54, 1.807) is 29.2 Å². The Kier molecular flexibility index (Phi) is 4.46. The molecule has 2 amide bonds. The maximum atomic E-state index is 12.5. The Bertz CT molecular complexity index is 1050. The van der Waals surface area contributed by atoms with Crippen LogP contribution in [0.15, 0.2) is 54.6 Å². The molecule has 0 radical (unpaired) electrons. The van der Waals surface area contributed by atoms with Gasteiger partial charge in [-0.3, -0.25) is 9.59 Å². The van der Waals surface area contributed by atoms with Crippen molar-refractivity contribution in [2.45, 2.75) is 6.92 Å². The van der Waals surface area contributed by atoms with E-state index in [1.807, 2.05) is 37.3 Å². The van der Waals surface area contributed by atoms with Gasteiger partial charge in [0.2, 0.25) is 0 Å². The molecule has 27 heavy (non-hydrogen) atoms. The van der Waals surface area contributed by atoms with Crippen molar-refractivity contribution in [1.29, 1.82) is 0 Å². The van der Waals surface area contributed by atoms with Crippen LogP contribution in [0.5, 0.6) is 5.75 Å². The van der Waals surface area contributed by atoms with Crippen LogP contribution >= 0.6 is 11.6 Å². The molecule has 5 nitrogen and oxygen atoms in total.